The van der Waals surface area contributed by atoms with Crippen LogP contribution < -0.4 is 15.5 Å². The minimum atomic E-state index is -0.219. The summed E-state index contributed by atoms with van der Waals surface area (Å²) in [5, 5.41) is 9.51. The average Bonchev–Trinajstić information content (AvgIpc) is 2.91. The predicted octanol–water partition coefficient (Wildman–Crippen LogP) is 3.26. The molecule has 24 heavy (non-hydrogen) atoms. The van der Waals surface area contributed by atoms with E-state index >= 15 is 0 Å². The summed E-state index contributed by atoms with van der Waals surface area (Å²) in [7, 11) is 0. The molecule has 0 bridgehead atoms. The van der Waals surface area contributed by atoms with Crippen molar-refractivity contribution in [1.82, 2.24) is 10.5 Å². The second-order valence-electron chi connectivity index (χ2n) is 6.15. The number of rotatable bonds is 5. The maximum absolute atomic E-state index is 12.0. The topological polar surface area (TPSA) is 70.4 Å². The highest BCUT2D eigenvalue weighted by molar-refractivity contribution is 5.90. The Bertz CT molecular complexity index is 691. The van der Waals surface area contributed by atoms with Gasteiger partial charge < -0.3 is 20.1 Å². The molecule has 0 radical (unpaired) electrons. The van der Waals surface area contributed by atoms with Crippen LogP contribution in [0.5, 0.6) is 0 Å². The number of urea groups is 1. The molecule has 1 aromatic heterocycles. The molecule has 2 heterocycles. The van der Waals surface area contributed by atoms with Gasteiger partial charge in [0.15, 0.2) is 5.76 Å². The zero-order chi connectivity index (χ0) is 16.9. The van der Waals surface area contributed by atoms with E-state index in [0.29, 0.717) is 23.7 Å². The quantitative estimate of drug-likeness (QED) is 0.827. The number of benzene rings is 1. The molecule has 1 aromatic carbocycles. The van der Waals surface area contributed by atoms with E-state index in [4.69, 9.17) is 4.52 Å². The minimum Gasteiger partial charge on any atom is -0.371 e. The van der Waals surface area contributed by atoms with Gasteiger partial charge in [0, 0.05) is 25.3 Å². The van der Waals surface area contributed by atoms with Gasteiger partial charge in [0.1, 0.15) is 11.4 Å². The van der Waals surface area contributed by atoms with Crippen molar-refractivity contribution in [2.45, 2.75) is 33.1 Å². The lowest BCUT2D eigenvalue weighted by Gasteiger charge is -2.31. The number of fused-ring (bicyclic) bond motifs is 1. The van der Waals surface area contributed by atoms with Crippen molar-refractivity contribution in [2.24, 2.45) is 0 Å². The van der Waals surface area contributed by atoms with E-state index in [9.17, 15) is 4.79 Å². The number of para-hydroxylation sites is 1. The van der Waals surface area contributed by atoms with Gasteiger partial charge in [-0.25, -0.2) is 4.79 Å². The summed E-state index contributed by atoms with van der Waals surface area (Å²) >= 11 is 0. The normalized spacial score (nSPS) is 13.5. The van der Waals surface area contributed by atoms with E-state index in [1.165, 1.54) is 17.7 Å². The van der Waals surface area contributed by atoms with E-state index in [-0.39, 0.29) is 6.03 Å². The Labute approximate surface area is 142 Å². The minimum absolute atomic E-state index is 0.219. The maximum atomic E-state index is 12.0. The van der Waals surface area contributed by atoms with Crippen molar-refractivity contribution in [3.05, 3.63) is 41.3 Å². The average molecular weight is 328 g/mol. The molecule has 1 aliphatic heterocycles. The fourth-order valence-corrected chi connectivity index (χ4v) is 3.13. The number of anilines is 2. The van der Waals surface area contributed by atoms with Crippen LogP contribution in [0.3, 0.4) is 0 Å². The third-order valence-corrected chi connectivity index (χ3v) is 4.37. The Hall–Kier alpha value is -2.50. The molecule has 0 fully saturated rings. The van der Waals surface area contributed by atoms with Gasteiger partial charge in [-0.2, -0.15) is 0 Å². The van der Waals surface area contributed by atoms with Crippen molar-refractivity contribution in [3.8, 4) is 0 Å². The number of aryl methyl sites for hydroxylation is 3. The molecule has 1 aliphatic rings. The van der Waals surface area contributed by atoms with Gasteiger partial charge in [0.2, 0.25) is 0 Å². The molecule has 128 valence electrons. The fraction of sp³-hybridized carbons (Fsp3) is 0.444. The summed E-state index contributed by atoms with van der Waals surface area (Å²) in [6, 6.07) is 8.36. The number of carbonyl (C=O) groups is 1. The van der Waals surface area contributed by atoms with Crippen molar-refractivity contribution in [1.29, 1.82) is 0 Å². The lowest BCUT2D eigenvalue weighted by Crippen LogP contribution is -2.34. The monoisotopic (exact) mass is 328 g/mol. The van der Waals surface area contributed by atoms with Crippen LogP contribution in [0.15, 0.2) is 28.8 Å². The summed E-state index contributed by atoms with van der Waals surface area (Å²) in [4.78, 5) is 14.4. The van der Waals surface area contributed by atoms with Gasteiger partial charge >= 0.3 is 6.03 Å². The summed E-state index contributed by atoms with van der Waals surface area (Å²) in [6.07, 6.45) is 3.26. The van der Waals surface area contributed by atoms with Crippen LogP contribution in [0, 0.1) is 13.8 Å². The van der Waals surface area contributed by atoms with Gasteiger partial charge in [-0.1, -0.05) is 23.4 Å². The Balaban J connectivity index is 1.44. The number of hydrogen-bond acceptors (Lipinski definition) is 4. The van der Waals surface area contributed by atoms with Gasteiger partial charge in [0.05, 0.1) is 0 Å². The first-order valence-corrected chi connectivity index (χ1v) is 8.45. The molecule has 0 spiro atoms. The van der Waals surface area contributed by atoms with Crippen molar-refractivity contribution >= 4 is 17.4 Å². The molecule has 2 amide bonds. The summed E-state index contributed by atoms with van der Waals surface area (Å²) < 4.78 is 5.04. The lowest BCUT2D eigenvalue weighted by molar-refractivity contribution is 0.252. The largest absolute Gasteiger partial charge is 0.371 e. The smallest absolute Gasteiger partial charge is 0.319 e. The Morgan fingerprint density at radius 1 is 1.33 bits per heavy atom. The molecule has 0 aliphatic carbocycles. The first-order chi connectivity index (χ1) is 11.6. The van der Waals surface area contributed by atoms with Crippen LogP contribution in [-0.2, 0) is 6.42 Å². The Kier molecular flexibility index (Phi) is 5.03. The molecule has 2 N–H and O–H groups in total. The van der Waals surface area contributed by atoms with Crippen molar-refractivity contribution < 1.29 is 9.32 Å². The third kappa shape index (κ3) is 3.69. The lowest BCUT2D eigenvalue weighted by atomic mass is 10.0. The highest BCUT2D eigenvalue weighted by atomic mass is 16.5. The molecule has 2 aromatic rings. The second-order valence-corrected chi connectivity index (χ2v) is 6.15. The van der Waals surface area contributed by atoms with Gasteiger partial charge in [-0.3, -0.25) is 0 Å². The fourth-order valence-electron chi connectivity index (χ4n) is 3.13. The number of nitrogens with zero attached hydrogens (tertiary/aromatic N) is 2. The second kappa shape index (κ2) is 7.38. The van der Waals surface area contributed by atoms with Crippen LogP contribution in [0.2, 0.25) is 0 Å². The van der Waals surface area contributed by atoms with E-state index in [1.54, 1.807) is 13.8 Å². The van der Waals surface area contributed by atoms with Crippen LogP contribution >= 0.6 is 0 Å². The number of amides is 2. The van der Waals surface area contributed by atoms with Crippen LogP contribution in [0.1, 0.15) is 29.9 Å². The van der Waals surface area contributed by atoms with Gasteiger partial charge in [0.25, 0.3) is 0 Å². The highest BCUT2D eigenvalue weighted by Gasteiger charge is 2.16. The molecule has 0 unspecified atom stereocenters. The van der Waals surface area contributed by atoms with Crippen LogP contribution in [0.25, 0.3) is 0 Å². The zero-order valence-corrected chi connectivity index (χ0v) is 14.3. The molecule has 3 rings (SSSR count). The molecule has 0 atom stereocenters. The first-order valence-electron chi connectivity index (χ1n) is 8.45. The summed E-state index contributed by atoms with van der Waals surface area (Å²) in [5.74, 6) is 0.618. The number of carbonyl (C=O) groups excluding carboxylic acids is 1. The molecular weight excluding hydrogens is 304 g/mol. The van der Waals surface area contributed by atoms with Crippen molar-refractivity contribution in [2.75, 3.05) is 29.9 Å². The van der Waals surface area contributed by atoms with E-state index < -0.39 is 0 Å². The standard InChI is InChI=1S/C18H24N4O2/c1-13-17(14(2)24-21-13)20-18(23)19-10-6-12-22-11-5-8-15-7-3-4-9-16(15)22/h3-4,7,9H,5-6,8,10-12H2,1-2H3,(H2,19,20,23). The SMILES string of the molecule is Cc1noc(C)c1NC(=O)NCCCN1CCCc2ccccc21. The molecule has 6 heteroatoms. The maximum Gasteiger partial charge on any atom is 0.319 e. The van der Waals surface area contributed by atoms with Gasteiger partial charge in [-0.15, -0.1) is 0 Å². The number of aromatic nitrogens is 1. The summed E-state index contributed by atoms with van der Waals surface area (Å²) in [5.41, 5.74) is 4.10. The van der Waals surface area contributed by atoms with E-state index in [1.807, 2.05) is 0 Å². The van der Waals surface area contributed by atoms with Gasteiger partial charge in [-0.05, 0) is 44.7 Å². The number of hydrogen-bond donors (Lipinski definition) is 2. The van der Waals surface area contributed by atoms with Crippen LogP contribution in [-0.4, -0.2) is 30.8 Å². The molecule has 0 saturated heterocycles. The zero-order valence-electron chi connectivity index (χ0n) is 14.3. The molecular formula is C18H24N4O2. The summed E-state index contributed by atoms with van der Waals surface area (Å²) in [6.45, 7) is 6.25. The van der Waals surface area contributed by atoms with E-state index in [0.717, 1.165) is 25.9 Å². The van der Waals surface area contributed by atoms with Crippen molar-refractivity contribution in [3.63, 3.8) is 0 Å². The Morgan fingerprint density at radius 3 is 2.96 bits per heavy atom. The Morgan fingerprint density at radius 2 is 2.17 bits per heavy atom. The van der Waals surface area contributed by atoms with E-state index in [2.05, 4.69) is 45.0 Å². The predicted molar refractivity (Wildman–Crippen MR) is 94.6 cm³/mol. The molecule has 6 nitrogen and oxygen atoms in total. The molecule has 0 saturated carbocycles. The highest BCUT2D eigenvalue weighted by Crippen LogP contribution is 2.26. The van der Waals surface area contributed by atoms with Crippen LogP contribution in [0.4, 0.5) is 16.2 Å². The third-order valence-electron chi connectivity index (χ3n) is 4.37. The first kappa shape index (κ1) is 16.4. The number of nitrogens with one attached hydrogen (secondary N) is 2.